The number of carbonyl (C=O) groups is 1. The predicted octanol–water partition coefficient (Wildman–Crippen LogP) is -3.22. The van der Waals surface area contributed by atoms with Crippen molar-refractivity contribution in [2.75, 3.05) is 6.54 Å². The third-order valence-electron chi connectivity index (χ3n) is 1.84. The van der Waals surface area contributed by atoms with Crippen LogP contribution in [0.5, 0.6) is 0 Å². The van der Waals surface area contributed by atoms with Crippen LogP contribution >= 0.6 is 0 Å². The summed E-state index contributed by atoms with van der Waals surface area (Å²) < 4.78 is 0. The smallest absolute Gasteiger partial charge is 0.359 e. The molecule has 0 aliphatic carbocycles. The molecular weight excluding hydrogens is 178 g/mol. The molecule has 0 aromatic rings. The van der Waals surface area contributed by atoms with Gasteiger partial charge in [0, 0.05) is 0 Å². The second kappa shape index (κ2) is 6.26. The number of quaternary nitrogens is 1. The summed E-state index contributed by atoms with van der Waals surface area (Å²) in [6.45, 7) is 8.38. The average Bonchev–Trinajstić information content (AvgIpc) is 1.81. The number of carboxylic acids is 1. The van der Waals surface area contributed by atoms with Crippen molar-refractivity contribution in [3.05, 3.63) is 0 Å². The van der Waals surface area contributed by atoms with E-state index >= 15 is 0 Å². The van der Waals surface area contributed by atoms with Crippen molar-refractivity contribution in [2.24, 2.45) is 0 Å². The quantitative estimate of drug-likeness (QED) is 0.496. The van der Waals surface area contributed by atoms with Crippen molar-refractivity contribution in [3.8, 4) is 0 Å². The van der Waals surface area contributed by atoms with Gasteiger partial charge in [-0.2, -0.15) is 0 Å². The number of aliphatic carboxylic acids is 1. The largest absolute Gasteiger partial charge is 1.00 e. The number of hydrogen-bond acceptors (Lipinski definition) is 1. The number of rotatable bonds is 4. The van der Waals surface area contributed by atoms with E-state index in [1.807, 2.05) is 27.7 Å². The maximum atomic E-state index is 10.4. The Kier molecular flexibility index (Phi) is 7.44. The molecule has 0 aliphatic heterocycles. The lowest BCUT2D eigenvalue weighted by Gasteiger charge is -2.25. The molecule has 0 spiro atoms. The van der Waals surface area contributed by atoms with Crippen LogP contribution in [0, 0.1) is 0 Å². The van der Waals surface area contributed by atoms with E-state index in [9.17, 15) is 4.79 Å². The van der Waals surface area contributed by atoms with Gasteiger partial charge in [0.2, 0.25) is 0 Å². The fourth-order valence-corrected chi connectivity index (χ4v) is 1.25. The zero-order valence-corrected chi connectivity index (χ0v) is 8.85. The first-order valence-electron chi connectivity index (χ1n) is 4.02. The molecule has 0 saturated heterocycles. The predicted molar refractivity (Wildman–Crippen MR) is 43.7 cm³/mol. The fourth-order valence-electron chi connectivity index (χ4n) is 1.25. The Hall–Kier alpha value is -0.280. The molecule has 0 aromatic carbocycles. The third kappa shape index (κ3) is 5.38. The lowest BCUT2D eigenvalue weighted by Crippen LogP contribution is -3.18. The van der Waals surface area contributed by atoms with Gasteiger partial charge in [-0.05, 0) is 27.7 Å². The molecule has 0 saturated carbocycles. The summed E-state index contributed by atoms with van der Waals surface area (Å²) in [7, 11) is 0. The van der Waals surface area contributed by atoms with Crippen molar-refractivity contribution in [1.82, 2.24) is 0 Å². The van der Waals surface area contributed by atoms with Crippen LogP contribution < -0.4 is 17.3 Å². The van der Waals surface area contributed by atoms with Crippen LogP contribution in [0.4, 0.5) is 0 Å². The van der Waals surface area contributed by atoms with Crippen LogP contribution in [0.2, 0.25) is 0 Å². The first-order chi connectivity index (χ1) is 4.95. The summed E-state index contributed by atoms with van der Waals surface area (Å²) in [5.41, 5.74) is 0. The van der Waals surface area contributed by atoms with Crippen LogP contribution in [0.1, 0.15) is 27.7 Å². The van der Waals surface area contributed by atoms with Gasteiger partial charge < -0.3 is 22.4 Å². The normalized spacial score (nSPS) is 10.6. The van der Waals surface area contributed by atoms with Crippen molar-refractivity contribution in [3.63, 3.8) is 0 Å². The molecule has 0 fully saturated rings. The zero-order valence-electron chi connectivity index (χ0n) is 8.10. The maximum absolute atomic E-state index is 10.4. The molecule has 0 unspecified atom stereocenters. The molecule has 0 aromatic heterocycles. The Balaban J connectivity index is 0. The van der Waals surface area contributed by atoms with Gasteiger partial charge in [0.15, 0.2) is 6.54 Å². The number of halogens is 1. The average molecular weight is 196 g/mol. The van der Waals surface area contributed by atoms with Gasteiger partial charge in [0.05, 0.1) is 12.1 Å². The molecule has 0 atom stereocenters. The molecule has 2 N–H and O–H groups in total. The van der Waals surface area contributed by atoms with Gasteiger partial charge in [0.1, 0.15) is 0 Å². The highest BCUT2D eigenvalue weighted by molar-refractivity contribution is 5.67. The Labute approximate surface area is 80.2 Å². The van der Waals surface area contributed by atoms with Gasteiger partial charge in [0.25, 0.3) is 0 Å². The minimum Gasteiger partial charge on any atom is -1.00 e. The molecule has 12 heavy (non-hydrogen) atoms. The first-order valence-corrected chi connectivity index (χ1v) is 4.02. The number of nitrogens with one attached hydrogen (secondary N) is 1. The molecule has 0 aliphatic rings. The fraction of sp³-hybridized carbons (Fsp3) is 0.875. The standard InChI is InChI=1S/C8H17NO2.ClH/c1-6(2)9(7(3)4)5-8(10)11;/h6-7H,5H2,1-4H3,(H,10,11);1H. The summed E-state index contributed by atoms with van der Waals surface area (Å²) in [6.07, 6.45) is 0. The highest BCUT2D eigenvalue weighted by Gasteiger charge is 2.19. The summed E-state index contributed by atoms with van der Waals surface area (Å²) in [5.74, 6) is -0.720. The van der Waals surface area contributed by atoms with Gasteiger partial charge in [-0.15, -0.1) is 0 Å². The van der Waals surface area contributed by atoms with Crippen LogP contribution in [-0.2, 0) is 4.79 Å². The molecule has 0 rings (SSSR count). The highest BCUT2D eigenvalue weighted by Crippen LogP contribution is 1.75. The van der Waals surface area contributed by atoms with E-state index in [1.54, 1.807) is 0 Å². The second-order valence-electron chi connectivity index (χ2n) is 3.45. The molecule has 0 heterocycles. The second-order valence-corrected chi connectivity index (χ2v) is 3.45. The van der Waals surface area contributed by atoms with Crippen LogP contribution in [0.25, 0.3) is 0 Å². The van der Waals surface area contributed by atoms with Gasteiger partial charge in [-0.25, -0.2) is 4.79 Å². The van der Waals surface area contributed by atoms with E-state index < -0.39 is 5.97 Å². The topological polar surface area (TPSA) is 41.7 Å². The number of carboxylic acid groups (broad SMARTS) is 1. The van der Waals surface area contributed by atoms with Crippen LogP contribution in [-0.4, -0.2) is 29.7 Å². The lowest BCUT2D eigenvalue weighted by atomic mass is 10.2. The van der Waals surface area contributed by atoms with Crippen molar-refractivity contribution >= 4 is 5.97 Å². The molecule has 4 heteroatoms. The lowest BCUT2D eigenvalue weighted by molar-refractivity contribution is -0.935. The van der Waals surface area contributed by atoms with Crippen molar-refractivity contribution in [1.29, 1.82) is 0 Å². The minimum absolute atomic E-state index is 0. The molecule has 3 nitrogen and oxygen atoms in total. The SMILES string of the molecule is CC(C)[NH+](CC(=O)O)C(C)C.[Cl-]. The van der Waals surface area contributed by atoms with E-state index in [-0.39, 0.29) is 19.0 Å². The summed E-state index contributed by atoms with van der Waals surface area (Å²) in [5, 5.41) is 8.56. The van der Waals surface area contributed by atoms with E-state index in [1.165, 1.54) is 0 Å². The van der Waals surface area contributed by atoms with E-state index in [2.05, 4.69) is 0 Å². The minimum atomic E-state index is -0.720. The monoisotopic (exact) mass is 195 g/mol. The molecule has 0 bridgehead atoms. The van der Waals surface area contributed by atoms with Crippen LogP contribution in [0.3, 0.4) is 0 Å². The molecule has 0 radical (unpaired) electrons. The first kappa shape index (κ1) is 14.3. The van der Waals surface area contributed by atoms with Crippen LogP contribution in [0.15, 0.2) is 0 Å². The summed E-state index contributed by atoms with van der Waals surface area (Å²) >= 11 is 0. The van der Waals surface area contributed by atoms with Gasteiger partial charge >= 0.3 is 5.97 Å². The molecule has 0 amide bonds. The Morgan fingerprint density at radius 2 is 1.58 bits per heavy atom. The van der Waals surface area contributed by atoms with Gasteiger partial charge in [-0.1, -0.05) is 0 Å². The van der Waals surface area contributed by atoms with E-state index in [0.29, 0.717) is 12.1 Å². The highest BCUT2D eigenvalue weighted by atomic mass is 35.5. The Bertz CT molecular complexity index is 129. The van der Waals surface area contributed by atoms with Crippen molar-refractivity contribution in [2.45, 2.75) is 39.8 Å². The van der Waals surface area contributed by atoms with E-state index in [4.69, 9.17) is 5.11 Å². The molecule has 74 valence electrons. The molecular formula is C8H18ClNO2. The van der Waals surface area contributed by atoms with E-state index in [0.717, 1.165) is 4.90 Å². The Morgan fingerprint density at radius 1 is 1.25 bits per heavy atom. The van der Waals surface area contributed by atoms with Crippen molar-refractivity contribution < 1.29 is 27.2 Å². The summed E-state index contributed by atoms with van der Waals surface area (Å²) in [4.78, 5) is 11.5. The summed E-state index contributed by atoms with van der Waals surface area (Å²) in [6, 6.07) is 0.761. The third-order valence-corrected chi connectivity index (χ3v) is 1.84. The van der Waals surface area contributed by atoms with Gasteiger partial charge in [-0.3, -0.25) is 0 Å². The zero-order chi connectivity index (χ0) is 9.02. The Morgan fingerprint density at radius 3 is 1.67 bits per heavy atom. The maximum Gasteiger partial charge on any atom is 0.359 e. The number of hydrogen-bond donors (Lipinski definition) is 2.